The number of amides is 1. The van der Waals surface area contributed by atoms with Crippen molar-refractivity contribution in [2.45, 2.75) is 31.4 Å². The number of aliphatic hydroxyl groups excluding tert-OH is 2. The number of aliphatic hydroxyl groups is 2. The minimum atomic E-state index is -4.60. The molecule has 0 saturated carbocycles. The smallest absolute Gasteiger partial charge is 0.416 e. The molecule has 2 atom stereocenters. The van der Waals surface area contributed by atoms with Crippen LogP contribution in [-0.2, 0) is 17.5 Å². The molecule has 0 aliphatic heterocycles. The molecule has 1 amide bonds. The Morgan fingerprint density at radius 2 is 1.82 bits per heavy atom. The zero-order valence-electron chi connectivity index (χ0n) is 14.8. The van der Waals surface area contributed by atoms with E-state index in [9.17, 15) is 28.2 Å². The van der Waals surface area contributed by atoms with E-state index in [1.165, 1.54) is 0 Å². The summed E-state index contributed by atoms with van der Waals surface area (Å²) in [7, 11) is 0. The summed E-state index contributed by atoms with van der Waals surface area (Å²) in [5.41, 5.74) is 5.13. The molecule has 2 unspecified atom stereocenters. The van der Waals surface area contributed by atoms with Gasteiger partial charge in [0.1, 0.15) is 12.7 Å². The van der Waals surface area contributed by atoms with Gasteiger partial charge in [-0.1, -0.05) is 30.3 Å². The quantitative estimate of drug-likeness (QED) is 0.537. The van der Waals surface area contributed by atoms with Crippen LogP contribution >= 0.6 is 0 Å². The third kappa shape index (κ3) is 6.14. The first-order valence-corrected chi connectivity index (χ1v) is 8.46. The van der Waals surface area contributed by atoms with Gasteiger partial charge in [-0.05, 0) is 30.2 Å². The lowest BCUT2D eigenvalue weighted by Gasteiger charge is -2.21. The van der Waals surface area contributed by atoms with Crippen LogP contribution in [0.25, 0.3) is 0 Å². The molecule has 0 saturated heterocycles. The highest BCUT2D eigenvalue weighted by Gasteiger charge is 2.32. The number of carbonyl (C=O) groups excluding carboxylic acids is 1. The summed E-state index contributed by atoms with van der Waals surface area (Å²) in [5.74, 6) is 0. The number of ether oxygens (including phenoxy) is 1. The van der Waals surface area contributed by atoms with E-state index in [1.54, 1.807) is 24.3 Å². The number of carbonyl (C=O) groups is 1. The Labute approximate surface area is 159 Å². The fourth-order valence-corrected chi connectivity index (χ4v) is 2.47. The van der Waals surface area contributed by atoms with Gasteiger partial charge in [-0.15, -0.1) is 0 Å². The minimum absolute atomic E-state index is 0.0509. The van der Waals surface area contributed by atoms with Gasteiger partial charge in [0, 0.05) is 17.8 Å². The Kier molecular flexibility index (Phi) is 7.24. The summed E-state index contributed by atoms with van der Waals surface area (Å²) >= 11 is 0. The van der Waals surface area contributed by atoms with E-state index in [1.807, 2.05) is 6.07 Å². The summed E-state index contributed by atoms with van der Waals surface area (Å²) in [5, 5.41) is 22.6. The second-order valence-electron chi connectivity index (χ2n) is 6.13. The summed E-state index contributed by atoms with van der Waals surface area (Å²) in [6, 6.07) is 11.5. The van der Waals surface area contributed by atoms with Gasteiger partial charge in [-0.25, -0.2) is 4.79 Å². The van der Waals surface area contributed by atoms with E-state index in [-0.39, 0.29) is 30.8 Å². The number of benzene rings is 2. The number of rotatable bonds is 7. The van der Waals surface area contributed by atoms with Crippen molar-refractivity contribution in [2.75, 3.05) is 12.3 Å². The molecule has 28 heavy (non-hydrogen) atoms. The van der Waals surface area contributed by atoms with Crippen molar-refractivity contribution in [3.63, 3.8) is 0 Å². The van der Waals surface area contributed by atoms with Crippen LogP contribution in [0.15, 0.2) is 48.5 Å². The molecule has 6 nitrogen and oxygen atoms in total. The van der Waals surface area contributed by atoms with Gasteiger partial charge in [0.2, 0.25) is 0 Å². The molecule has 0 aromatic heterocycles. The molecule has 0 radical (unpaired) electrons. The predicted molar refractivity (Wildman–Crippen MR) is 96.1 cm³/mol. The van der Waals surface area contributed by atoms with E-state index in [2.05, 4.69) is 5.32 Å². The summed E-state index contributed by atoms with van der Waals surface area (Å²) in [4.78, 5) is 11.6. The number of nitrogens with two attached hydrogens (primary N) is 1. The van der Waals surface area contributed by atoms with Crippen molar-refractivity contribution in [3.05, 3.63) is 65.2 Å². The summed E-state index contributed by atoms with van der Waals surface area (Å²) < 4.78 is 43.4. The fraction of sp³-hybridized carbons (Fsp3) is 0.316. The van der Waals surface area contributed by atoms with Crippen LogP contribution in [0, 0.1) is 0 Å². The standard InChI is InChI=1S/C19H21F3N2O4/c20-19(21,22)13-6-7-15(23)14(10-13)17(26)16(25)8-9-24-18(27)28-11-12-4-2-1-3-5-12/h1-7,10,16-17,25-26H,8-9,11,23H2,(H,24,27). The van der Waals surface area contributed by atoms with E-state index >= 15 is 0 Å². The molecule has 5 N–H and O–H groups in total. The Balaban J connectivity index is 1.84. The third-order valence-electron chi connectivity index (χ3n) is 4.02. The predicted octanol–water partition coefficient (Wildman–Crippen LogP) is 3.00. The van der Waals surface area contributed by atoms with Crippen molar-refractivity contribution in [1.82, 2.24) is 5.32 Å². The highest BCUT2D eigenvalue weighted by Crippen LogP contribution is 2.34. The zero-order valence-corrected chi connectivity index (χ0v) is 14.8. The molecular formula is C19H21F3N2O4. The molecule has 0 spiro atoms. The van der Waals surface area contributed by atoms with Gasteiger partial charge in [0.15, 0.2) is 0 Å². The van der Waals surface area contributed by atoms with Gasteiger partial charge in [-0.2, -0.15) is 13.2 Å². The topological polar surface area (TPSA) is 105 Å². The molecule has 0 bridgehead atoms. The lowest BCUT2D eigenvalue weighted by Crippen LogP contribution is -2.30. The van der Waals surface area contributed by atoms with Gasteiger partial charge in [0.25, 0.3) is 0 Å². The number of alkyl halides is 3. The minimum Gasteiger partial charge on any atom is -0.445 e. The number of nitrogen functional groups attached to an aromatic ring is 1. The molecule has 0 aliphatic rings. The van der Waals surface area contributed by atoms with Gasteiger partial charge < -0.3 is 26.0 Å². The van der Waals surface area contributed by atoms with Crippen molar-refractivity contribution in [3.8, 4) is 0 Å². The number of hydrogen-bond acceptors (Lipinski definition) is 5. The molecule has 152 valence electrons. The third-order valence-corrected chi connectivity index (χ3v) is 4.02. The summed E-state index contributed by atoms with van der Waals surface area (Å²) in [6.07, 6.45) is -8.50. The van der Waals surface area contributed by atoms with Gasteiger partial charge >= 0.3 is 12.3 Å². The molecule has 2 aromatic rings. The van der Waals surface area contributed by atoms with Crippen LogP contribution in [0.1, 0.15) is 29.2 Å². The molecule has 9 heteroatoms. The number of nitrogens with one attached hydrogen (secondary N) is 1. The maximum Gasteiger partial charge on any atom is 0.416 e. The molecule has 0 fully saturated rings. The zero-order chi connectivity index (χ0) is 20.7. The van der Waals surface area contributed by atoms with E-state index in [0.717, 1.165) is 17.7 Å². The van der Waals surface area contributed by atoms with Crippen LogP contribution in [0.3, 0.4) is 0 Å². The number of anilines is 1. The van der Waals surface area contributed by atoms with Crippen molar-refractivity contribution in [1.29, 1.82) is 0 Å². The fourth-order valence-electron chi connectivity index (χ4n) is 2.47. The average Bonchev–Trinajstić information content (AvgIpc) is 2.66. The van der Waals surface area contributed by atoms with E-state index in [4.69, 9.17) is 10.5 Å². The van der Waals surface area contributed by atoms with Crippen LogP contribution in [-0.4, -0.2) is 29.0 Å². The molecule has 2 aromatic carbocycles. The SMILES string of the molecule is Nc1ccc(C(F)(F)F)cc1C(O)C(O)CCNC(=O)OCc1ccccc1. The monoisotopic (exact) mass is 398 g/mol. The first-order valence-electron chi connectivity index (χ1n) is 8.46. The van der Waals surface area contributed by atoms with E-state index < -0.39 is 30.0 Å². The highest BCUT2D eigenvalue weighted by molar-refractivity contribution is 5.67. The Hall–Kier alpha value is -2.78. The molecule has 0 aliphatic carbocycles. The van der Waals surface area contributed by atoms with Crippen molar-refractivity contribution < 1.29 is 32.9 Å². The lowest BCUT2D eigenvalue weighted by molar-refractivity contribution is -0.137. The maximum atomic E-state index is 12.8. The molecule has 2 rings (SSSR count). The normalized spacial score (nSPS) is 13.6. The second-order valence-corrected chi connectivity index (χ2v) is 6.13. The first kappa shape index (κ1) is 21.5. The molecule has 0 heterocycles. The first-order chi connectivity index (χ1) is 13.2. The van der Waals surface area contributed by atoms with Crippen LogP contribution in [0.5, 0.6) is 0 Å². The number of halogens is 3. The Bertz CT molecular complexity index is 784. The van der Waals surface area contributed by atoms with Crippen LogP contribution in [0.4, 0.5) is 23.7 Å². The maximum absolute atomic E-state index is 12.8. The summed E-state index contributed by atoms with van der Waals surface area (Å²) in [6.45, 7) is 0.0172. The van der Waals surface area contributed by atoms with Crippen LogP contribution < -0.4 is 11.1 Å². The molecular weight excluding hydrogens is 377 g/mol. The Morgan fingerprint density at radius 1 is 1.14 bits per heavy atom. The van der Waals surface area contributed by atoms with Gasteiger partial charge in [-0.3, -0.25) is 0 Å². The van der Waals surface area contributed by atoms with Gasteiger partial charge in [0.05, 0.1) is 11.7 Å². The van der Waals surface area contributed by atoms with Crippen molar-refractivity contribution in [2.24, 2.45) is 0 Å². The number of alkyl carbamates (subject to hydrolysis) is 1. The average molecular weight is 398 g/mol. The number of hydrogen-bond donors (Lipinski definition) is 4. The largest absolute Gasteiger partial charge is 0.445 e. The highest BCUT2D eigenvalue weighted by atomic mass is 19.4. The Morgan fingerprint density at radius 3 is 2.46 bits per heavy atom. The van der Waals surface area contributed by atoms with Crippen LogP contribution in [0.2, 0.25) is 0 Å². The second kappa shape index (κ2) is 9.43. The van der Waals surface area contributed by atoms with Crippen molar-refractivity contribution >= 4 is 11.8 Å². The lowest BCUT2D eigenvalue weighted by atomic mass is 9.98. The van der Waals surface area contributed by atoms with E-state index in [0.29, 0.717) is 6.07 Å².